The van der Waals surface area contributed by atoms with Crippen molar-refractivity contribution in [2.24, 2.45) is 11.8 Å². The second-order valence-electron chi connectivity index (χ2n) is 7.31. The maximum absolute atomic E-state index is 13.2. The Hall–Kier alpha value is -1.98. The maximum atomic E-state index is 13.2. The minimum absolute atomic E-state index is 0.107. The van der Waals surface area contributed by atoms with Gasteiger partial charge in [0.2, 0.25) is 5.43 Å². The summed E-state index contributed by atoms with van der Waals surface area (Å²) >= 11 is 0. The van der Waals surface area contributed by atoms with Gasteiger partial charge in [-0.25, -0.2) is 0 Å². The topological polar surface area (TPSA) is 54.8 Å². The number of hydrogen-bond donors (Lipinski definition) is 0. The number of aromatic nitrogens is 1. The van der Waals surface area contributed by atoms with Crippen LogP contribution in [-0.4, -0.2) is 41.8 Å². The normalized spacial score (nSPS) is 30.5. The molecule has 0 radical (unpaired) electrons. The highest BCUT2D eigenvalue weighted by Gasteiger charge is 2.65. The summed E-state index contributed by atoms with van der Waals surface area (Å²) in [5.41, 5.74) is -0.123. The van der Waals surface area contributed by atoms with Gasteiger partial charge in [-0.15, -0.1) is 0 Å². The Bertz CT molecular complexity index is 744. The lowest BCUT2D eigenvalue weighted by molar-refractivity contribution is 0.0327. The lowest BCUT2D eigenvalue weighted by atomic mass is 9.99. The standard InChI is InChI=1S/C18H25N3O3/c1-4-5-10-24-16-14(22)7-9-21-15(16)17(23)19(2)18(20(21)3)8-6-12-11-13(12)18/h7,9,12-13H,4-6,8,10-11H2,1-3H3/t12-,13+,18?/m1/s1. The number of carbonyl (C=O) groups is 1. The van der Waals surface area contributed by atoms with E-state index >= 15 is 0 Å². The smallest absolute Gasteiger partial charge is 0.278 e. The lowest BCUT2D eigenvalue weighted by Crippen LogP contribution is -2.68. The Labute approximate surface area is 142 Å². The summed E-state index contributed by atoms with van der Waals surface area (Å²) in [7, 11) is 3.89. The van der Waals surface area contributed by atoms with Crippen LogP contribution in [0.3, 0.4) is 0 Å². The summed E-state index contributed by atoms with van der Waals surface area (Å²) in [5.74, 6) is 1.36. The van der Waals surface area contributed by atoms with Gasteiger partial charge in [0.1, 0.15) is 5.66 Å². The van der Waals surface area contributed by atoms with E-state index in [0.29, 0.717) is 18.2 Å². The Balaban J connectivity index is 1.80. The second-order valence-corrected chi connectivity index (χ2v) is 7.31. The summed E-state index contributed by atoms with van der Waals surface area (Å²) in [5, 5.41) is 2.15. The van der Waals surface area contributed by atoms with Crippen molar-refractivity contribution < 1.29 is 9.53 Å². The summed E-state index contributed by atoms with van der Waals surface area (Å²) in [6.45, 7) is 2.53. The molecule has 1 aromatic rings. The average molecular weight is 331 g/mol. The number of amides is 1. The van der Waals surface area contributed by atoms with E-state index in [4.69, 9.17) is 4.74 Å². The first-order chi connectivity index (χ1) is 11.5. The molecular formula is C18H25N3O3. The van der Waals surface area contributed by atoms with Gasteiger partial charge < -0.3 is 9.64 Å². The molecule has 6 nitrogen and oxygen atoms in total. The minimum Gasteiger partial charge on any atom is -0.487 e. The van der Waals surface area contributed by atoms with Crippen molar-refractivity contribution in [3.63, 3.8) is 0 Å². The number of pyridine rings is 1. The van der Waals surface area contributed by atoms with E-state index in [1.807, 2.05) is 23.7 Å². The van der Waals surface area contributed by atoms with Gasteiger partial charge in [-0.05, 0) is 31.6 Å². The van der Waals surface area contributed by atoms with Crippen molar-refractivity contribution >= 4 is 5.91 Å². The molecule has 1 unspecified atom stereocenters. The number of hydrogen-bond acceptors (Lipinski definition) is 4. The van der Waals surface area contributed by atoms with Crippen molar-refractivity contribution in [3.05, 3.63) is 28.2 Å². The molecule has 1 amide bonds. The largest absolute Gasteiger partial charge is 0.487 e. The second kappa shape index (κ2) is 5.26. The summed E-state index contributed by atoms with van der Waals surface area (Å²) in [6, 6.07) is 1.51. The molecule has 3 aliphatic rings. The van der Waals surface area contributed by atoms with E-state index < -0.39 is 0 Å². The van der Waals surface area contributed by atoms with E-state index in [-0.39, 0.29) is 22.7 Å². The van der Waals surface area contributed by atoms with Crippen LogP contribution >= 0.6 is 0 Å². The zero-order chi connectivity index (χ0) is 17.1. The molecular weight excluding hydrogens is 306 g/mol. The quantitative estimate of drug-likeness (QED) is 0.790. The van der Waals surface area contributed by atoms with E-state index in [1.165, 1.54) is 18.9 Å². The predicted octanol–water partition coefficient (Wildman–Crippen LogP) is 1.81. The van der Waals surface area contributed by atoms with Gasteiger partial charge in [-0.1, -0.05) is 13.3 Å². The highest BCUT2D eigenvalue weighted by Crippen LogP contribution is 2.61. The molecule has 3 atom stereocenters. The van der Waals surface area contributed by atoms with Gasteiger partial charge in [0.15, 0.2) is 11.4 Å². The van der Waals surface area contributed by atoms with Gasteiger partial charge in [0, 0.05) is 32.3 Å². The first-order valence-electron chi connectivity index (χ1n) is 8.93. The van der Waals surface area contributed by atoms with Crippen LogP contribution in [0, 0.1) is 11.8 Å². The van der Waals surface area contributed by atoms with Gasteiger partial charge in [-0.2, -0.15) is 0 Å². The summed E-state index contributed by atoms with van der Waals surface area (Å²) in [6.07, 6.45) is 6.91. The number of carbonyl (C=O) groups excluding carboxylic acids is 1. The van der Waals surface area contributed by atoms with Crippen LogP contribution in [0.25, 0.3) is 0 Å². The van der Waals surface area contributed by atoms with Gasteiger partial charge in [0.25, 0.3) is 5.91 Å². The molecule has 1 aliphatic heterocycles. The Morgan fingerprint density at radius 2 is 2.12 bits per heavy atom. The fraction of sp³-hybridized carbons (Fsp3) is 0.667. The van der Waals surface area contributed by atoms with Crippen molar-refractivity contribution in [2.45, 2.75) is 44.7 Å². The molecule has 0 aromatic carbocycles. The maximum Gasteiger partial charge on any atom is 0.278 e. The summed E-state index contributed by atoms with van der Waals surface area (Å²) < 4.78 is 7.56. The zero-order valence-electron chi connectivity index (χ0n) is 14.6. The SMILES string of the molecule is CCCCOc1c2n(ccc1=O)N(C)C1(CC[C@@H]3C[C@@H]31)N(C)C2=O. The van der Waals surface area contributed by atoms with Gasteiger partial charge in [-0.3, -0.25) is 19.3 Å². The van der Waals surface area contributed by atoms with Crippen LogP contribution in [0.1, 0.15) is 49.5 Å². The first kappa shape index (κ1) is 15.5. The van der Waals surface area contributed by atoms with Crippen molar-refractivity contribution in [3.8, 4) is 5.75 Å². The number of fused-ring (bicyclic) bond motifs is 3. The third-order valence-corrected chi connectivity index (χ3v) is 6.15. The van der Waals surface area contributed by atoms with Crippen molar-refractivity contribution in [1.82, 2.24) is 9.58 Å². The van der Waals surface area contributed by atoms with E-state index in [9.17, 15) is 9.59 Å². The molecule has 0 saturated heterocycles. The molecule has 0 bridgehead atoms. The van der Waals surface area contributed by atoms with E-state index in [0.717, 1.165) is 25.2 Å². The lowest BCUT2D eigenvalue weighted by Gasteiger charge is -2.52. The molecule has 130 valence electrons. The highest BCUT2D eigenvalue weighted by molar-refractivity contribution is 5.97. The van der Waals surface area contributed by atoms with E-state index in [2.05, 4.69) is 11.9 Å². The van der Waals surface area contributed by atoms with Crippen LogP contribution in [0.15, 0.2) is 17.1 Å². The third-order valence-electron chi connectivity index (χ3n) is 6.15. The van der Waals surface area contributed by atoms with Crippen LogP contribution < -0.4 is 15.2 Å². The van der Waals surface area contributed by atoms with Gasteiger partial charge in [0.05, 0.1) is 6.61 Å². The molecule has 24 heavy (non-hydrogen) atoms. The molecule has 2 aliphatic carbocycles. The van der Waals surface area contributed by atoms with Crippen LogP contribution in [0.5, 0.6) is 5.75 Å². The Kier molecular flexibility index (Phi) is 3.41. The molecule has 0 N–H and O–H groups in total. The van der Waals surface area contributed by atoms with Crippen molar-refractivity contribution in [2.75, 3.05) is 25.7 Å². The molecule has 2 saturated carbocycles. The Morgan fingerprint density at radius 1 is 1.33 bits per heavy atom. The average Bonchev–Trinajstić information content (AvgIpc) is 3.27. The zero-order valence-corrected chi connectivity index (χ0v) is 14.6. The van der Waals surface area contributed by atoms with Crippen LogP contribution in [0.4, 0.5) is 0 Å². The fourth-order valence-corrected chi connectivity index (χ4v) is 4.69. The Morgan fingerprint density at radius 3 is 2.75 bits per heavy atom. The third kappa shape index (κ3) is 1.88. The predicted molar refractivity (Wildman–Crippen MR) is 90.9 cm³/mol. The monoisotopic (exact) mass is 331 g/mol. The van der Waals surface area contributed by atoms with Gasteiger partial charge >= 0.3 is 0 Å². The first-order valence-corrected chi connectivity index (χ1v) is 8.93. The number of rotatable bonds is 4. The fourth-order valence-electron chi connectivity index (χ4n) is 4.69. The van der Waals surface area contributed by atoms with Crippen LogP contribution in [0.2, 0.25) is 0 Å². The number of nitrogens with zero attached hydrogens (tertiary/aromatic N) is 3. The molecule has 1 aromatic heterocycles. The number of ether oxygens (including phenoxy) is 1. The van der Waals surface area contributed by atoms with E-state index in [1.54, 1.807) is 6.20 Å². The van der Waals surface area contributed by atoms with Crippen LogP contribution in [-0.2, 0) is 0 Å². The highest BCUT2D eigenvalue weighted by atomic mass is 16.5. The minimum atomic E-state index is -0.259. The summed E-state index contributed by atoms with van der Waals surface area (Å²) in [4.78, 5) is 27.3. The molecule has 1 spiro atoms. The molecule has 4 rings (SSSR count). The van der Waals surface area contributed by atoms with Crippen molar-refractivity contribution in [1.29, 1.82) is 0 Å². The molecule has 6 heteroatoms. The molecule has 2 fully saturated rings. The number of unbranched alkanes of at least 4 members (excludes halogenated alkanes) is 1. The molecule has 2 heterocycles.